The van der Waals surface area contributed by atoms with E-state index < -0.39 is 0 Å². The van der Waals surface area contributed by atoms with Crippen LogP contribution in [0.4, 0.5) is 11.5 Å². The Kier molecular flexibility index (Phi) is 8.42. The summed E-state index contributed by atoms with van der Waals surface area (Å²) in [6.45, 7) is 2.68. The lowest BCUT2D eigenvalue weighted by atomic mass is 10.2. The number of benzene rings is 2. The fraction of sp³-hybridized carbons (Fsp3) is 0.261. The summed E-state index contributed by atoms with van der Waals surface area (Å²) in [5, 5.41) is 5.73. The van der Waals surface area contributed by atoms with Crippen LogP contribution < -0.4 is 10.1 Å². The van der Waals surface area contributed by atoms with Crippen LogP contribution in [0, 0.1) is 0 Å². The average Bonchev–Trinajstić information content (AvgIpc) is 3.18. The van der Waals surface area contributed by atoms with Crippen LogP contribution in [-0.4, -0.2) is 51.2 Å². The van der Waals surface area contributed by atoms with Crippen molar-refractivity contribution in [1.29, 1.82) is 0 Å². The molecule has 0 radical (unpaired) electrons. The predicted molar refractivity (Wildman–Crippen MR) is 137 cm³/mol. The van der Waals surface area contributed by atoms with E-state index >= 15 is 0 Å². The Hall–Kier alpha value is -2.52. The van der Waals surface area contributed by atoms with Crippen LogP contribution in [-0.2, 0) is 7.05 Å². The van der Waals surface area contributed by atoms with Crippen molar-refractivity contribution < 1.29 is 4.74 Å². The van der Waals surface area contributed by atoms with Gasteiger partial charge in [-0.3, -0.25) is 0 Å². The van der Waals surface area contributed by atoms with E-state index in [1.54, 1.807) is 12.5 Å². The number of nitrogens with zero attached hydrogens (tertiary/aromatic N) is 5. The van der Waals surface area contributed by atoms with Crippen molar-refractivity contribution in [3.8, 4) is 5.75 Å². The molecule has 0 aliphatic rings. The number of hydrogen-bond acceptors (Lipinski definition) is 7. The van der Waals surface area contributed by atoms with Gasteiger partial charge in [-0.05, 0) is 51.4 Å². The van der Waals surface area contributed by atoms with E-state index in [4.69, 9.17) is 16.3 Å². The molecule has 0 unspecified atom stereocenters. The second kappa shape index (κ2) is 11.1. The molecule has 2 heterocycles. The Morgan fingerprint density at radius 3 is 2.70 bits per heavy atom. The number of anilines is 2. The lowest BCUT2D eigenvalue weighted by Crippen LogP contribution is -2.30. The Morgan fingerprint density at radius 2 is 2.00 bits per heavy atom. The number of nitrogens with one attached hydrogen (secondary N) is 1. The summed E-state index contributed by atoms with van der Waals surface area (Å²) in [6, 6.07) is 11.9. The minimum Gasteiger partial charge on any atom is -0.491 e. The normalized spacial score (nSPS) is 11.9. The second-order valence-electron chi connectivity index (χ2n) is 7.69. The first-order chi connectivity index (χ1) is 15.4. The summed E-state index contributed by atoms with van der Waals surface area (Å²) in [4.78, 5) is 16.3. The van der Waals surface area contributed by atoms with Crippen molar-refractivity contribution in [3.05, 3.63) is 60.1 Å². The molecule has 0 fully saturated rings. The summed E-state index contributed by atoms with van der Waals surface area (Å²) >= 11 is 8.09. The fourth-order valence-corrected chi connectivity index (χ4v) is 4.10. The van der Waals surface area contributed by atoms with E-state index in [1.807, 2.05) is 68.3 Å². The van der Waals surface area contributed by atoms with Gasteiger partial charge in [-0.2, -0.15) is 0 Å². The van der Waals surface area contributed by atoms with Crippen molar-refractivity contribution in [2.24, 2.45) is 7.05 Å². The van der Waals surface area contributed by atoms with Crippen molar-refractivity contribution in [2.75, 3.05) is 26.0 Å². The molecule has 33 heavy (non-hydrogen) atoms. The zero-order valence-electron chi connectivity index (χ0n) is 18.8. The molecule has 1 N–H and O–H groups in total. The molecule has 0 saturated heterocycles. The molecule has 0 aliphatic heterocycles. The molecular weight excluding hydrogens is 479 g/mol. The Bertz CT molecular complexity index is 1230. The lowest BCUT2D eigenvalue weighted by Gasteiger charge is -2.21. The van der Waals surface area contributed by atoms with Crippen LogP contribution in [0.15, 0.2) is 65.2 Å². The van der Waals surface area contributed by atoms with E-state index in [0.717, 1.165) is 32.4 Å². The maximum Gasteiger partial charge on any atom is 0.172 e. The average molecular weight is 505 g/mol. The van der Waals surface area contributed by atoms with Crippen molar-refractivity contribution in [1.82, 2.24) is 24.4 Å². The lowest BCUT2D eigenvalue weighted by molar-refractivity contribution is 0.200. The quantitative estimate of drug-likeness (QED) is 0.331. The van der Waals surface area contributed by atoms with E-state index in [1.165, 1.54) is 11.8 Å². The van der Waals surface area contributed by atoms with Gasteiger partial charge in [0, 0.05) is 36.1 Å². The van der Waals surface area contributed by atoms with Crippen LogP contribution >= 0.6 is 35.8 Å². The van der Waals surface area contributed by atoms with Gasteiger partial charge in [-0.25, -0.2) is 15.0 Å². The summed E-state index contributed by atoms with van der Waals surface area (Å²) in [7, 11) is 6.03. The highest BCUT2D eigenvalue weighted by molar-refractivity contribution is 7.99. The number of ether oxygens (including phenoxy) is 1. The van der Waals surface area contributed by atoms with Crippen LogP contribution in [0.1, 0.15) is 6.92 Å². The van der Waals surface area contributed by atoms with E-state index in [0.29, 0.717) is 17.4 Å². The third kappa shape index (κ3) is 5.89. The molecule has 10 heteroatoms. The Balaban J connectivity index is 0.00000306. The van der Waals surface area contributed by atoms with Crippen molar-refractivity contribution in [2.45, 2.75) is 23.0 Å². The summed E-state index contributed by atoms with van der Waals surface area (Å²) < 4.78 is 8.09. The smallest absolute Gasteiger partial charge is 0.172 e. The van der Waals surface area contributed by atoms with Gasteiger partial charge in [0.15, 0.2) is 5.16 Å². The number of halogens is 2. The van der Waals surface area contributed by atoms with Gasteiger partial charge in [0.25, 0.3) is 0 Å². The molecule has 4 rings (SSSR count). The molecule has 0 bridgehead atoms. The molecule has 4 aromatic rings. The number of likely N-dealkylation sites (N-methyl/N-ethyl adjacent to an activating group) is 1. The number of imidazole rings is 1. The minimum atomic E-state index is 0. The van der Waals surface area contributed by atoms with Crippen molar-refractivity contribution in [3.63, 3.8) is 0 Å². The van der Waals surface area contributed by atoms with E-state index in [2.05, 4.69) is 32.1 Å². The highest BCUT2D eigenvalue weighted by Crippen LogP contribution is 2.36. The highest BCUT2D eigenvalue weighted by atomic mass is 35.5. The topological polar surface area (TPSA) is 68.1 Å². The van der Waals surface area contributed by atoms with E-state index in [-0.39, 0.29) is 18.4 Å². The number of rotatable bonds is 8. The first-order valence-corrected chi connectivity index (χ1v) is 11.4. The molecular formula is C23H26Cl2N6OS. The van der Waals surface area contributed by atoms with Crippen molar-refractivity contribution >= 4 is 58.2 Å². The fourth-order valence-electron chi connectivity index (χ4n) is 3.00. The number of hydrogen-bond donors (Lipinski definition) is 1. The first-order valence-electron chi connectivity index (χ1n) is 10.2. The molecule has 0 aliphatic carbocycles. The predicted octanol–water partition coefficient (Wildman–Crippen LogP) is 5.66. The molecule has 2 aromatic heterocycles. The molecule has 0 saturated carbocycles. The number of fused-ring (bicyclic) bond motifs is 1. The largest absolute Gasteiger partial charge is 0.491 e. The van der Waals surface area contributed by atoms with Crippen LogP contribution in [0.2, 0.25) is 5.02 Å². The van der Waals surface area contributed by atoms with E-state index in [9.17, 15) is 0 Å². The molecule has 0 amide bonds. The molecule has 1 atom stereocenters. The summed E-state index contributed by atoms with van der Waals surface area (Å²) in [6.07, 6.45) is 5.22. The third-order valence-corrected chi connectivity index (χ3v) is 6.74. The Labute approximate surface area is 208 Å². The van der Waals surface area contributed by atoms with Gasteiger partial charge >= 0.3 is 0 Å². The molecule has 2 aromatic carbocycles. The standard InChI is InChI=1S/C23H25ClN6OS.ClH/c1-15(29(2)3)13-31-19-7-5-6-18-21(19)22(27-14-26-18)28-16-8-9-20(17(24)12-16)32-23-25-10-11-30(23)4;/h5-12,14-15H,13H2,1-4H3,(H,26,27,28);1H/t15-;/m1./s1. The van der Waals surface area contributed by atoms with Crippen LogP contribution in [0.25, 0.3) is 10.9 Å². The Morgan fingerprint density at radius 1 is 1.18 bits per heavy atom. The zero-order valence-corrected chi connectivity index (χ0v) is 21.2. The van der Waals surface area contributed by atoms with Gasteiger partial charge in [-0.1, -0.05) is 29.4 Å². The van der Waals surface area contributed by atoms with Gasteiger partial charge < -0.3 is 19.5 Å². The van der Waals surface area contributed by atoms with Gasteiger partial charge in [0.2, 0.25) is 0 Å². The minimum absolute atomic E-state index is 0. The van der Waals surface area contributed by atoms with Gasteiger partial charge in [-0.15, -0.1) is 12.4 Å². The van der Waals surface area contributed by atoms with Crippen LogP contribution in [0.5, 0.6) is 5.75 Å². The third-order valence-electron chi connectivity index (χ3n) is 5.16. The maximum absolute atomic E-state index is 6.57. The maximum atomic E-state index is 6.57. The second-order valence-corrected chi connectivity index (χ2v) is 9.11. The van der Waals surface area contributed by atoms with Gasteiger partial charge in [0.05, 0.1) is 15.9 Å². The summed E-state index contributed by atoms with van der Waals surface area (Å²) in [5.41, 5.74) is 1.64. The number of aryl methyl sites for hydroxylation is 1. The zero-order chi connectivity index (χ0) is 22.7. The summed E-state index contributed by atoms with van der Waals surface area (Å²) in [5.74, 6) is 1.41. The van der Waals surface area contributed by atoms with Crippen LogP contribution in [0.3, 0.4) is 0 Å². The number of aromatic nitrogens is 4. The SMILES string of the molecule is C[C@H](COc1cccc2ncnc(Nc3ccc(Sc4nccn4C)c(Cl)c3)c12)N(C)C.Cl. The first kappa shape index (κ1) is 25.1. The van der Waals surface area contributed by atoms with Gasteiger partial charge in [0.1, 0.15) is 24.5 Å². The molecule has 0 spiro atoms. The monoisotopic (exact) mass is 504 g/mol. The highest BCUT2D eigenvalue weighted by Gasteiger charge is 2.14. The molecule has 174 valence electrons. The molecule has 7 nitrogen and oxygen atoms in total.